The van der Waals surface area contributed by atoms with Crippen molar-refractivity contribution in [3.05, 3.63) is 24.0 Å². The zero-order valence-electron chi connectivity index (χ0n) is 8.74. The fraction of sp³-hybridized carbons (Fsp3) is 0.636. The highest BCUT2D eigenvalue weighted by Gasteiger charge is 2.25. The van der Waals surface area contributed by atoms with Gasteiger partial charge in [0.15, 0.2) is 0 Å². The topological polar surface area (TPSA) is 45.0 Å². The molecule has 1 saturated heterocycles. The molecule has 3 nitrogen and oxygen atoms in total. The van der Waals surface area contributed by atoms with Crippen LogP contribution in [0.15, 0.2) is 18.3 Å². The molecule has 1 aromatic rings. The van der Waals surface area contributed by atoms with Gasteiger partial charge in [0, 0.05) is 24.5 Å². The van der Waals surface area contributed by atoms with E-state index in [1.54, 1.807) is 0 Å². The van der Waals surface area contributed by atoms with Gasteiger partial charge >= 0.3 is 0 Å². The lowest BCUT2D eigenvalue weighted by atomic mass is 10.1. The molecular weight excluding hydrogens is 174 g/mol. The summed E-state index contributed by atoms with van der Waals surface area (Å²) >= 11 is 0. The fourth-order valence-corrected chi connectivity index (χ4v) is 2.21. The van der Waals surface area contributed by atoms with Gasteiger partial charge in [0.1, 0.15) is 0 Å². The first kappa shape index (κ1) is 9.74. The van der Waals surface area contributed by atoms with Crippen LogP contribution < -0.4 is 5.73 Å². The standard InChI is InChI=1S/C11H19N3/c1-9(11-3-2-5-13-11)14-6-4-10(7-12)8-14/h2-3,5,9-10,13H,4,6-8,12H2,1H3/t9-,10+/m0/s1. The number of rotatable bonds is 3. The van der Waals surface area contributed by atoms with Crippen molar-refractivity contribution in [2.24, 2.45) is 11.7 Å². The average molecular weight is 193 g/mol. The zero-order valence-corrected chi connectivity index (χ0v) is 8.74. The molecule has 1 aliphatic rings. The molecule has 0 aliphatic carbocycles. The third kappa shape index (κ3) is 1.83. The minimum absolute atomic E-state index is 0.501. The second-order valence-electron chi connectivity index (χ2n) is 4.19. The average Bonchev–Trinajstić information content (AvgIpc) is 2.88. The Morgan fingerprint density at radius 2 is 2.57 bits per heavy atom. The van der Waals surface area contributed by atoms with Crippen LogP contribution in [0.2, 0.25) is 0 Å². The lowest BCUT2D eigenvalue weighted by Crippen LogP contribution is -2.26. The minimum atomic E-state index is 0.501. The summed E-state index contributed by atoms with van der Waals surface area (Å²) in [5.41, 5.74) is 6.99. The molecular formula is C11H19N3. The van der Waals surface area contributed by atoms with Crippen molar-refractivity contribution in [1.29, 1.82) is 0 Å². The Morgan fingerprint density at radius 3 is 3.14 bits per heavy atom. The number of H-pyrrole nitrogens is 1. The Bertz CT molecular complexity index is 268. The first-order chi connectivity index (χ1) is 6.81. The molecule has 78 valence electrons. The van der Waals surface area contributed by atoms with Crippen LogP contribution in [-0.2, 0) is 0 Å². The van der Waals surface area contributed by atoms with Crippen molar-refractivity contribution in [2.45, 2.75) is 19.4 Å². The summed E-state index contributed by atoms with van der Waals surface area (Å²) in [4.78, 5) is 5.78. The fourth-order valence-electron chi connectivity index (χ4n) is 2.21. The van der Waals surface area contributed by atoms with Gasteiger partial charge in [-0.2, -0.15) is 0 Å². The molecule has 2 rings (SSSR count). The SMILES string of the molecule is C[C@@H](c1ccc[nH]1)N1CC[C@H](CN)C1. The molecule has 3 N–H and O–H groups in total. The van der Waals surface area contributed by atoms with E-state index in [1.807, 2.05) is 6.20 Å². The van der Waals surface area contributed by atoms with Crippen LogP contribution >= 0.6 is 0 Å². The van der Waals surface area contributed by atoms with Gasteiger partial charge in [-0.3, -0.25) is 4.90 Å². The highest BCUT2D eigenvalue weighted by atomic mass is 15.2. The summed E-state index contributed by atoms with van der Waals surface area (Å²) in [6.07, 6.45) is 3.24. The van der Waals surface area contributed by atoms with Crippen LogP contribution in [0, 0.1) is 5.92 Å². The number of aromatic amines is 1. The number of hydrogen-bond donors (Lipinski definition) is 2. The predicted octanol–water partition coefficient (Wildman–Crippen LogP) is 1.36. The molecule has 3 heteroatoms. The molecule has 0 radical (unpaired) electrons. The molecule has 0 amide bonds. The number of hydrogen-bond acceptors (Lipinski definition) is 2. The molecule has 1 aliphatic heterocycles. The number of nitrogens with one attached hydrogen (secondary N) is 1. The second kappa shape index (κ2) is 4.15. The van der Waals surface area contributed by atoms with Crippen LogP contribution in [-0.4, -0.2) is 29.5 Å². The molecule has 1 aromatic heterocycles. The molecule has 2 atom stereocenters. The van der Waals surface area contributed by atoms with Crippen LogP contribution in [0.5, 0.6) is 0 Å². The number of aromatic nitrogens is 1. The van der Waals surface area contributed by atoms with Crippen LogP contribution in [0.1, 0.15) is 25.1 Å². The normalized spacial score (nSPS) is 25.4. The summed E-state index contributed by atoms with van der Waals surface area (Å²) < 4.78 is 0. The molecule has 14 heavy (non-hydrogen) atoms. The monoisotopic (exact) mass is 193 g/mol. The van der Waals surface area contributed by atoms with Crippen molar-refractivity contribution in [3.63, 3.8) is 0 Å². The first-order valence-corrected chi connectivity index (χ1v) is 5.38. The van der Waals surface area contributed by atoms with E-state index in [0.717, 1.165) is 13.1 Å². The van der Waals surface area contributed by atoms with Gasteiger partial charge in [0.05, 0.1) is 0 Å². The van der Waals surface area contributed by atoms with E-state index in [9.17, 15) is 0 Å². The van der Waals surface area contributed by atoms with Crippen molar-refractivity contribution >= 4 is 0 Å². The van der Waals surface area contributed by atoms with Gasteiger partial charge in [-0.05, 0) is 44.5 Å². The maximum atomic E-state index is 5.68. The zero-order chi connectivity index (χ0) is 9.97. The van der Waals surface area contributed by atoms with E-state index in [4.69, 9.17) is 5.73 Å². The highest BCUT2D eigenvalue weighted by molar-refractivity contribution is 5.08. The van der Waals surface area contributed by atoms with E-state index < -0.39 is 0 Å². The summed E-state index contributed by atoms with van der Waals surface area (Å²) in [6.45, 7) is 5.41. The third-order valence-electron chi connectivity index (χ3n) is 3.27. The Kier molecular flexibility index (Phi) is 2.89. The van der Waals surface area contributed by atoms with Gasteiger partial charge in [0.2, 0.25) is 0 Å². The van der Waals surface area contributed by atoms with Crippen molar-refractivity contribution in [2.75, 3.05) is 19.6 Å². The molecule has 0 aromatic carbocycles. The molecule has 0 unspecified atom stereocenters. The molecule has 0 saturated carbocycles. The summed E-state index contributed by atoms with van der Waals surface area (Å²) in [5.74, 6) is 0.701. The van der Waals surface area contributed by atoms with E-state index in [-0.39, 0.29) is 0 Å². The maximum absolute atomic E-state index is 5.68. The van der Waals surface area contributed by atoms with Crippen molar-refractivity contribution < 1.29 is 0 Å². The molecule has 0 spiro atoms. The molecule has 0 bridgehead atoms. The van der Waals surface area contributed by atoms with E-state index in [2.05, 4.69) is 28.9 Å². The lowest BCUT2D eigenvalue weighted by Gasteiger charge is -2.23. The number of likely N-dealkylation sites (tertiary alicyclic amines) is 1. The molecule has 1 fully saturated rings. The Balaban J connectivity index is 1.97. The predicted molar refractivity (Wildman–Crippen MR) is 57.9 cm³/mol. The first-order valence-electron chi connectivity index (χ1n) is 5.38. The summed E-state index contributed by atoms with van der Waals surface area (Å²) in [5, 5.41) is 0. The van der Waals surface area contributed by atoms with E-state index >= 15 is 0 Å². The van der Waals surface area contributed by atoms with Gasteiger partial charge in [-0.15, -0.1) is 0 Å². The third-order valence-corrected chi connectivity index (χ3v) is 3.27. The van der Waals surface area contributed by atoms with E-state index in [0.29, 0.717) is 12.0 Å². The van der Waals surface area contributed by atoms with Crippen LogP contribution in [0.4, 0.5) is 0 Å². The Labute approximate surface area is 85.3 Å². The quantitative estimate of drug-likeness (QED) is 0.761. The Hall–Kier alpha value is -0.800. The number of nitrogens with zero attached hydrogens (tertiary/aromatic N) is 1. The summed E-state index contributed by atoms with van der Waals surface area (Å²) in [7, 11) is 0. The van der Waals surface area contributed by atoms with Gasteiger partial charge in [-0.1, -0.05) is 0 Å². The highest BCUT2D eigenvalue weighted by Crippen LogP contribution is 2.25. The minimum Gasteiger partial charge on any atom is -0.364 e. The van der Waals surface area contributed by atoms with E-state index in [1.165, 1.54) is 18.7 Å². The van der Waals surface area contributed by atoms with Gasteiger partial charge in [0.25, 0.3) is 0 Å². The van der Waals surface area contributed by atoms with Gasteiger partial charge < -0.3 is 10.7 Å². The van der Waals surface area contributed by atoms with Crippen molar-refractivity contribution in [1.82, 2.24) is 9.88 Å². The second-order valence-corrected chi connectivity index (χ2v) is 4.19. The number of nitrogens with two attached hydrogens (primary N) is 1. The largest absolute Gasteiger partial charge is 0.364 e. The van der Waals surface area contributed by atoms with Crippen LogP contribution in [0.25, 0.3) is 0 Å². The lowest BCUT2D eigenvalue weighted by molar-refractivity contribution is 0.250. The molecule has 2 heterocycles. The van der Waals surface area contributed by atoms with Crippen LogP contribution in [0.3, 0.4) is 0 Å². The Morgan fingerprint density at radius 1 is 1.71 bits per heavy atom. The summed E-state index contributed by atoms with van der Waals surface area (Å²) in [6, 6.07) is 4.71. The van der Waals surface area contributed by atoms with Gasteiger partial charge in [-0.25, -0.2) is 0 Å². The smallest absolute Gasteiger partial charge is 0.0470 e. The van der Waals surface area contributed by atoms with Crippen molar-refractivity contribution in [3.8, 4) is 0 Å². The maximum Gasteiger partial charge on any atom is 0.0470 e.